The van der Waals surface area contributed by atoms with Gasteiger partial charge in [-0.1, -0.05) is 43.7 Å². The molecule has 0 saturated heterocycles. The van der Waals surface area contributed by atoms with E-state index in [2.05, 4.69) is 0 Å². The van der Waals surface area contributed by atoms with Crippen LogP contribution in [-0.2, 0) is 15.0 Å². The molecule has 0 aliphatic carbocycles. The summed E-state index contributed by atoms with van der Waals surface area (Å²) in [5, 5.41) is 18.4. The molecule has 88 valence electrons. The number of carboxylic acids is 2. The van der Waals surface area contributed by atoms with Gasteiger partial charge in [-0.25, -0.2) is 0 Å². The minimum atomic E-state index is -1.82. The maximum absolute atomic E-state index is 11.3. The van der Waals surface area contributed by atoms with E-state index in [0.717, 1.165) is 0 Å². The molecule has 4 nitrogen and oxygen atoms in total. The van der Waals surface area contributed by atoms with Crippen molar-refractivity contribution in [1.29, 1.82) is 0 Å². The molecule has 0 aliphatic heterocycles. The standard InChI is InChI=1S/C12H14O4.Na.H/c1-2-8-12(10(13)14,11(15)16)9-6-4-3-5-7-9;;/h3-7H,2,8H2,1H3,(H,13,14)(H,15,16);;. The molecule has 1 rings (SSSR count). The molecule has 0 saturated carbocycles. The molecule has 0 amide bonds. The summed E-state index contributed by atoms with van der Waals surface area (Å²) >= 11 is 0. The fourth-order valence-corrected chi connectivity index (χ4v) is 1.79. The van der Waals surface area contributed by atoms with Gasteiger partial charge in [-0.2, -0.15) is 0 Å². The number of benzene rings is 1. The first kappa shape index (κ1) is 16.2. The number of aliphatic carboxylic acids is 2. The quantitative estimate of drug-likeness (QED) is 0.605. The van der Waals surface area contributed by atoms with Gasteiger partial charge in [0, 0.05) is 0 Å². The predicted molar refractivity (Wildman–Crippen MR) is 65.4 cm³/mol. The molecular formula is C12H15NaO4. The van der Waals surface area contributed by atoms with Gasteiger partial charge in [-0.15, -0.1) is 0 Å². The van der Waals surface area contributed by atoms with Crippen molar-refractivity contribution in [2.24, 2.45) is 0 Å². The van der Waals surface area contributed by atoms with Crippen molar-refractivity contribution in [3.63, 3.8) is 0 Å². The molecule has 0 radical (unpaired) electrons. The molecular weight excluding hydrogens is 231 g/mol. The molecule has 0 bridgehead atoms. The average Bonchev–Trinajstić information content (AvgIpc) is 2.26. The Kier molecular flexibility index (Phi) is 6.45. The summed E-state index contributed by atoms with van der Waals surface area (Å²) in [5.74, 6) is -2.62. The van der Waals surface area contributed by atoms with Crippen LogP contribution in [0.3, 0.4) is 0 Å². The Morgan fingerprint density at radius 2 is 1.59 bits per heavy atom. The number of hydrogen-bond donors (Lipinski definition) is 2. The topological polar surface area (TPSA) is 74.6 Å². The number of rotatable bonds is 5. The van der Waals surface area contributed by atoms with Crippen LogP contribution in [0.5, 0.6) is 0 Å². The van der Waals surface area contributed by atoms with Crippen LogP contribution in [0.25, 0.3) is 0 Å². The zero-order valence-corrected chi connectivity index (χ0v) is 9.01. The van der Waals surface area contributed by atoms with Gasteiger partial charge in [0.15, 0.2) is 5.41 Å². The average molecular weight is 246 g/mol. The van der Waals surface area contributed by atoms with Crippen LogP contribution in [0.15, 0.2) is 30.3 Å². The van der Waals surface area contributed by atoms with Gasteiger partial charge in [0.05, 0.1) is 0 Å². The third-order valence-electron chi connectivity index (χ3n) is 2.62. The van der Waals surface area contributed by atoms with E-state index < -0.39 is 17.4 Å². The van der Waals surface area contributed by atoms with Gasteiger partial charge in [0.1, 0.15) is 0 Å². The van der Waals surface area contributed by atoms with Crippen LogP contribution in [0.1, 0.15) is 25.3 Å². The summed E-state index contributed by atoms with van der Waals surface area (Å²) in [4.78, 5) is 22.5. The van der Waals surface area contributed by atoms with Crippen molar-refractivity contribution in [3.05, 3.63) is 35.9 Å². The van der Waals surface area contributed by atoms with Gasteiger partial charge in [0.25, 0.3) is 0 Å². The fraction of sp³-hybridized carbons (Fsp3) is 0.333. The fourth-order valence-electron chi connectivity index (χ4n) is 1.79. The summed E-state index contributed by atoms with van der Waals surface area (Å²) in [6.45, 7) is 1.77. The first-order valence-corrected chi connectivity index (χ1v) is 5.08. The van der Waals surface area contributed by atoms with E-state index in [1.807, 2.05) is 0 Å². The molecule has 2 N–H and O–H groups in total. The van der Waals surface area contributed by atoms with E-state index in [-0.39, 0.29) is 36.0 Å². The van der Waals surface area contributed by atoms with E-state index in [1.54, 1.807) is 25.1 Å². The van der Waals surface area contributed by atoms with Crippen LogP contribution in [-0.4, -0.2) is 51.7 Å². The van der Waals surface area contributed by atoms with Gasteiger partial charge in [0.2, 0.25) is 0 Å². The molecule has 17 heavy (non-hydrogen) atoms. The van der Waals surface area contributed by atoms with Crippen molar-refractivity contribution in [3.8, 4) is 0 Å². The third-order valence-corrected chi connectivity index (χ3v) is 2.62. The summed E-state index contributed by atoms with van der Waals surface area (Å²) in [6, 6.07) is 8.09. The van der Waals surface area contributed by atoms with E-state index in [9.17, 15) is 19.8 Å². The van der Waals surface area contributed by atoms with Crippen molar-refractivity contribution in [1.82, 2.24) is 0 Å². The van der Waals surface area contributed by atoms with Crippen LogP contribution in [0.2, 0.25) is 0 Å². The first-order chi connectivity index (χ1) is 7.55. The molecule has 5 heteroatoms. The second-order valence-corrected chi connectivity index (χ2v) is 3.63. The van der Waals surface area contributed by atoms with Gasteiger partial charge >= 0.3 is 41.5 Å². The molecule has 0 atom stereocenters. The van der Waals surface area contributed by atoms with Crippen molar-refractivity contribution in [2.45, 2.75) is 25.2 Å². The van der Waals surface area contributed by atoms with Crippen LogP contribution in [0, 0.1) is 0 Å². The van der Waals surface area contributed by atoms with Crippen LogP contribution in [0.4, 0.5) is 0 Å². The number of carbonyl (C=O) groups is 2. The van der Waals surface area contributed by atoms with Crippen LogP contribution < -0.4 is 0 Å². The molecule has 0 aliphatic rings. The Bertz CT molecular complexity index is 375. The third kappa shape index (κ3) is 3.09. The molecule has 0 heterocycles. The summed E-state index contributed by atoms with van der Waals surface area (Å²) in [6.07, 6.45) is 0.579. The van der Waals surface area contributed by atoms with Gasteiger partial charge < -0.3 is 10.2 Å². The van der Waals surface area contributed by atoms with Crippen LogP contribution >= 0.6 is 0 Å². The Morgan fingerprint density at radius 1 is 1.12 bits per heavy atom. The molecule has 0 unspecified atom stereocenters. The number of hydrogen-bond acceptors (Lipinski definition) is 2. The predicted octanol–water partition coefficient (Wildman–Crippen LogP) is 1.25. The van der Waals surface area contributed by atoms with Gasteiger partial charge in [-0.3, -0.25) is 9.59 Å². The van der Waals surface area contributed by atoms with E-state index in [1.165, 1.54) is 12.1 Å². The molecule has 1 aromatic carbocycles. The summed E-state index contributed by atoms with van der Waals surface area (Å²) < 4.78 is 0. The van der Waals surface area contributed by atoms with E-state index >= 15 is 0 Å². The van der Waals surface area contributed by atoms with Crippen molar-refractivity contribution < 1.29 is 19.8 Å². The molecule has 0 spiro atoms. The summed E-state index contributed by atoms with van der Waals surface area (Å²) in [7, 11) is 0. The Morgan fingerprint density at radius 3 is 1.94 bits per heavy atom. The zero-order chi connectivity index (χ0) is 12.2. The molecule has 1 aromatic rings. The molecule has 0 aromatic heterocycles. The first-order valence-electron chi connectivity index (χ1n) is 5.08. The van der Waals surface area contributed by atoms with E-state index in [0.29, 0.717) is 12.0 Å². The van der Waals surface area contributed by atoms with Gasteiger partial charge in [-0.05, 0) is 12.0 Å². The zero-order valence-electron chi connectivity index (χ0n) is 9.01. The normalized spacial score (nSPS) is 10.4. The Hall–Kier alpha value is -0.840. The SMILES string of the molecule is CCCC(C(=O)O)(C(=O)O)c1ccccc1.[NaH]. The Labute approximate surface area is 122 Å². The molecule has 0 fully saturated rings. The minimum absolute atomic E-state index is 0. The van der Waals surface area contributed by atoms with Crippen molar-refractivity contribution in [2.75, 3.05) is 0 Å². The Balaban J connectivity index is 0.00000256. The second-order valence-electron chi connectivity index (χ2n) is 3.63. The second kappa shape index (κ2) is 6.79. The van der Waals surface area contributed by atoms with E-state index in [4.69, 9.17) is 0 Å². The monoisotopic (exact) mass is 246 g/mol. The number of carboxylic acid groups (broad SMARTS) is 2. The summed E-state index contributed by atoms with van der Waals surface area (Å²) in [5.41, 5.74) is -1.51. The van der Waals surface area contributed by atoms with Crippen molar-refractivity contribution >= 4 is 41.5 Å². The maximum atomic E-state index is 11.3.